The number of aliphatic carboxylic acids is 2. The first-order valence-corrected chi connectivity index (χ1v) is 11.4. The van der Waals surface area contributed by atoms with E-state index in [9.17, 15) is 24.3 Å². The molecular weight excluding hydrogens is 486 g/mol. The maximum absolute atomic E-state index is 12.9. The maximum atomic E-state index is 12.9. The van der Waals surface area contributed by atoms with Gasteiger partial charge in [-0.25, -0.2) is 14.6 Å². The minimum Gasteiger partial charge on any atom is -0.478 e. The quantitative estimate of drug-likeness (QED) is 0.224. The fourth-order valence-corrected chi connectivity index (χ4v) is 5.37. The standard InChI is InChI=1S/C17H18ClN5O7S2/c1-3-6-4-31-14-9(13(25)23(14)10(6)16(28)29)20-12(24)8(22-30-5(2)15(26)27)7-11(18)32-17(19)21-7/h5,9,14H,3-4H2,1-2H3,(H2,19,21)(H,20,24)(H,26,27)(H,28,29)/b22-8+/t5-,9?,14?/m0/s1. The Hall–Kier alpha value is -2.84. The molecule has 32 heavy (non-hydrogen) atoms. The van der Waals surface area contributed by atoms with Gasteiger partial charge in [0.05, 0.1) is 0 Å². The van der Waals surface area contributed by atoms with Gasteiger partial charge in [-0.05, 0) is 18.9 Å². The van der Waals surface area contributed by atoms with E-state index in [-0.39, 0.29) is 20.9 Å². The maximum Gasteiger partial charge on any atom is 0.352 e. The Balaban J connectivity index is 1.85. The number of nitrogen functional groups attached to an aromatic ring is 1. The van der Waals surface area contributed by atoms with Crippen LogP contribution in [0.15, 0.2) is 16.4 Å². The van der Waals surface area contributed by atoms with Gasteiger partial charge in [-0.15, -0.1) is 11.8 Å². The Morgan fingerprint density at radius 1 is 1.44 bits per heavy atom. The van der Waals surface area contributed by atoms with Crippen LogP contribution >= 0.6 is 34.7 Å². The lowest BCUT2D eigenvalue weighted by Crippen LogP contribution is -2.71. The number of rotatable bonds is 8. The zero-order valence-electron chi connectivity index (χ0n) is 16.7. The molecule has 1 aromatic heterocycles. The number of thiazole rings is 1. The van der Waals surface area contributed by atoms with Crippen LogP contribution in [0.3, 0.4) is 0 Å². The Morgan fingerprint density at radius 2 is 2.12 bits per heavy atom. The van der Waals surface area contributed by atoms with Gasteiger partial charge in [0.25, 0.3) is 11.8 Å². The summed E-state index contributed by atoms with van der Waals surface area (Å²) in [6.45, 7) is 3.00. The van der Waals surface area contributed by atoms with E-state index in [1.165, 1.54) is 18.7 Å². The van der Waals surface area contributed by atoms with Gasteiger partial charge >= 0.3 is 11.9 Å². The number of carbonyl (C=O) groups is 4. The summed E-state index contributed by atoms with van der Waals surface area (Å²) in [5, 5.41) is 24.0. The predicted octanol–water partition coefficient (Wildman–Crippen LogP) is 0.721. The first-order valence-electron chi connectivity index (χ1n) is 9.16. The minimum atomic E-state index is -1.38. The molecule has 0 spiro atoms. The van der Waals surface area contributed by atoms with Crippen LogP contribution in [0.1, 0.15) is 26.0 Å². The zero-order chi connectivity index (χ0) is 23.7. The number of thioether (sulfide) groups is 1. The number of carboxylic acid groups (broad SMARTS) is 2. The first kappa shape index (κ1) is 23.8. The summed E-state index contributed by atoms with van der Waals surface area (Å²) in [6.07, 6.45) is -0.903. The molecule has 0 saturated carbocycles. The van der Waals surface area contributed by atoms with Gasteiger partial charge in [0.15, 0.2) is 10.8 Å². The number of nitrogens with two attached hydrogens (primary N) is 1. The smallest absolute Gasteiger partial charge is 0.352 e. The zero-order valence-corrected chi connectivity index (χ0v) is 19.1. The molecule has 5 N–H and O–H groups in total. The Bertz CT molecular complexity index is 1060. The van der Waals surface area contributed by atoms with Gasteiger partial charge < -0.3 is 26.1 Å². The summed E-state index contributed by atoms with van der Waals surface area (Å²) in [4.78, 5) is 58.2. The number of aromatic nitrogens is 1. The SMILES string of the molecule is CCC1=C(C(=O)O)N2C(=O)C(NC(=O)/C(=N/O[C@@H](C)C(=O)O)c3nc(N)sc3Cl)C2SC1. The third-order valence-corrected chi connectivity index (χ3v) is 7.08. The van der Waals surface area contributed by atoms with Crippen LogP contribution in [0.25, 0.3) is 0 Å². The van der Waals surface area contributed by atoms with Crippen LogP contribution in [-0.2, 0) is 24.0 Å². The van der Waals surface area contributed by atoms with E-state index in [4.69, 9.17) is 27.3 Å². The number of β-lactam (4-membered cyclic amide) rings is 1. The van der Waals surface area contributed by atoms with Crippen LogP contribution in [0.5, 0.6) is 0 Å². The van der Waals surface area contributed by atoms with E-state index in [0.717, 1.165) is 16.2 Å². The molecule has 2 unspecified atom stereocenters. The van der Waals surface area contributed by atoms with Crippen molar-refractivity contribution in [1.82, 2.24) is 15.2 Å². The molecule has 0 bridgehead atoms. The molecule has 3 rings (SSSR count). The molecule has 3 heterocycles. The molecule has 2 aliphatic heterocycles. The molecule has 2 aliphatic rings. The number of oxime groups is 1. The number of nitrogens with one attached hydrogen (secondary N) is 1. The largest absolute Gasteiger partial charge is 0.478 e. The van der Waals surface area contributed by atoms with E-state index < -0.39 is 47.0 Å². The summed E-state index contributed by atoms with van der Waals surface area (Å²) < 4.78 is 0.0141. The van der Waals surface area contributed by atoms with Gasteiger partial charge in [-0.1, -0.05) is 35.0 Å². The molecule has 2 amide bonds. The second kappa shape index (κ2) is 9.34. The van der Waals surface area contributed by atoms with Crippen molar-refractivity contribution < 1.29 is 34.2 Å². The topological polar surface area (TPSA) is 185 Å². The van der Waals surface area contributed by atoms with Crippen LogP contribution < -0.4 is 11.1 Å². The highest BCUT2D eigenvalue weighted by Gasteiger charge is 2.54. The molecule has 1 fully saturated rings. The van der Waals surface area contributed by atoms with Crippen molar-refractivity contribution in [2.24, 2.45) is 5.16 Å². The molecule has 3 atom stereocenters. The normalized spacial score (nSPS) is 21.5. The van der Waals surface area contributed by atoms with Crippen molar-refractivity contribution in [3.8, 4) is 0 Å². The first-order chi connectivity index (χ1) is 15.1. The molecule has 1 aromatic rings. The Morgan fingerprint density at radius 3 is 2.66 bits per heavy atom. The van der Waals surface area contributed by atoms with Crippen molar-refractivity contribution in [3.63, 3.8) is 0 Å². The number of nitrogens with zero attached hydrogens (tertiary/aromatic N) is 3. The minimum absolute atomic E-state index is 0.0141. The van der Waals surface area contributed by atoms with Gasteiger partial charge in [0.1, 0.15) is 27.1 Å². The lowest BCUT2D eigenvalue weighted by Gasteiger charge is -2.49. The number of anilines is 1. The number of carboxylic acids is 2. The molecule has 12 nitrogen and oxygen atoms in total. The molecule has 0 aromatic carbocycles. The Labute approximate surface area is 194 Å². The average molecular weight is 504 g/mol. The van der Waals surface area contributed by atoms with Crippen molar-refractivity contribution in [2.75, 3.05) is 11.5 Å². The highest BCUT2D eigenvalue weighted by atomic mass is 35.5. The van der Waals surface area contributed by atoms with E-state index in [1.54, 1.807) is 6.92 Å². The highest BCUT2D eigenvalue weighted by Crippen LogP contribution is 2.41. The number of hydrogen-bond acceptors (Lipinski definition) is 10. The van der Waals surface area contributed by atoms with E-state index in [0.29, 0.717) is 17.7 Å². The van der Waals surface area contributed by atoms with E-state index in [2.05, 4.69) is 15.5 Å². The lowest BCUT2D eigenvalue weighted by atomic mass is 10.0. The number of halogens is 1. The van der Waals surface area contributed by atoms with Crippen molar-refractivity contribution in [2.45, 2.75) is 37.8 Å². The molecule has 0 radical (unpaired) electrons. The van der Waals surface area contributed by atoms with Gasteiger partial charge in [-0.2, -0.15) is 0 Å². The third kappa shape index (κ3) is 4.38. The lowest BCUT2D eigenvalue weighted by molar-refractivity contribution is -0.150. The predicted molar refractivity (Wildman–Crippen MR) is 116 cm³/mol. The second-order valence-corrected chi connectivity index (χ2v) is 9.41. The molecule has 1 saturated heterocycles. The molecule has 15 heteroatoms. The second-order valence-electron chi connectivity index (χ2n) is 6.67. The molecule has 0 aliphatic carbocycles. The van der Waals surface area contributed by atoms with Crippen LogP contribution in [0.2, 0.25) is 4.34 Å². The monoisotopic (exact) mass is 503 g/mol. The molecular formula is C17H18ClN5O7S2. The Kier molecular flexibility index (Phi) is 6.95. The highest BCUT2D eigenvalue weighted by molar-refractivity contribution is 8.00. The fourth-order valence-electron chi connectivity index (χ4n) is 3.00. The average Bonchev–Trinajstić information content (AvgIpc) is 3.07. The molecule has 172 valence electrons. The van der Waals surface area contributed by atoms with Gasteiger partial charge in [0, 0.05) is 5.75 Å². The summed E-state index contributed by atoms with van der Waals surface area (Å²) in [7, 11) is 0. The van der Waals surface area contributed by atoms with Crippen molar-refractivity contribution in [3.05, 3.63) is 21.3 Å². The van der Waals surface area contributed by atoms with Crippen LogP contribution in [0, 0.1) is 0 Å². The van der Waals surface area contributed by atoms with Crippen LogP contribution in [-0.4, -0.2) is 72.8 Å². The van der Waals surface area contributed by atoms with Crippen molar-refractivity contribution >= 4 is 69.3 Å². The van der Waals surface area contributed by atoms with Crippen molar-refractivity contribution in [1.29, 1.82) is 0 Å². The summed E-state index contributed by atoms with van der Waals surface area (Å²) in [5.41, 5.74) is 5.56. The number of carbonyl (C=O) groups excluding carboxylic acids is 2. The number of hydrogen-bond donors (Lipinski definition) is 4. The summed E-state index contributed by atoms with van der Waals surface area (Å²) in [5.74, 6) is -3.64. The number of fused-ring (bicyclic) bond motifs is 1. The van der Waals surface area contributed by atoms with E-state index >= 15 is 0 Å². The summed E-state index contributed by atoms with van der Waals surface area (Å²) in [6, 6.07) is -1.03. The van der Waals surface area contributed by atoms with Gasteiger partial charge in [-0.3, -0.25) is 14.5 Å². The third-order valence-electron chi connectivity index (χ3n) is 4.65. The number of amides is 2. The van der Waals surface area contributed by atoms with Crippen LogP contribution in [0.4, 0.5) is 5.13 Å². The summed E-state index contributed by atoms with van der Waals surface area (Å²) >= 11 is 8.25. The fraction of sp³-hybridized carbons (Fsp3) is 0.412. The van der Waals surface area contributed by atoms with Gasteiger partial charge in [0.2, 0.25) is 6.10 Å². The van der Waals surface area contributed by atoms with E-state index in [1.807, 2.05) is 0 Å².